The van der Waals surface area contributed by atoms with Crippen molar-refractivity contribution >= 4 is 51.7 Å². The molecule has 7 nitrogen and oxygen atoms in total. The molecule has 0 aliphatic carbocycles. The fourth-order valence-electron chi connectivity index (χ4n) is 3.42. The molecule has 1 amide bonds. The quantitative estimate of drug-likeness (QED) is 0.504. The van der Waals surface area contributed by atoms with E-state index in [-0.39, 0.29) is 11.9 Å². The normalized spacial score (nSPS) is 15.6. The van der Waals surface area contributed by atoms with Gasteiger partial charge in [-0.25, -0.2) is 9.97 Å². The van der Waals surface area contributed by atoms with Gasteiger partial charge >= 0.3 is 0 Å². The Hall–Kier alpha value is -2.11. The van der Waals surface area contributed by atoms with Crippen LogP contribution in [-0.4, -0.2) is 45.8 Å². The second-order valence-corrected chi connectivity index (χ2v) is 10.3. The van der Waals surface area contributed by atoms with Crippen LogP contribution in [0.4, 0.5) is 11.4 Å². The summed E-state index contributed by atoms with van der Waals surface area (Å²) in [7, 11) is 0. The Kier molecular flexibility index (Phi) is 7.46. The first-order valence-electron chi connectivity index (χ1n) is 9.88. The minimum Gasteiger partial charge on any atom is -0.598 e. The molecule has 1 aliphatic rings. The van der Waals surface area contributed by atoms with E-state index >= 15 is 0 Å². The van der Waals surface area contributed by atoms with Gasteiger partial charge in [0.1, 0.15) is 17.0 Å². The maximum absolute atomic E-state index is 12.8. The average molecular weight is 474 g/mol. The van der Waals surface area contributed by atoms with Crippen LogP contribution in [0.2, 0.25) is 0 Å². The number of hydrogen-bond acceptors (Lipinski definition) is 8. The standard InChI is InChI=1S/C21H23N5O2S3/c1-31(28)25-15-9-12-26(13-10-15)18-7-3-2-6-16(18)23-20(27)17-14-29-21(24-17)30-19-8-4-5-11-22-19/h2-8,11,14-15,25H,9-10,12-13H2,1H3,(H,23,27). The van der Waals surface area contributed by atoms with E-state index in [9.17, 15) is 9.35 Å². The number of pyridine rings is 1. The van der Waals surface area contributed by atoms with E-state index in [1.807, 2.05) is 42.5 Å². The van der Waals surface area contributed by atoms with Crippen LogP contribution < -0.4 is 14.9 Å². The first-order valence-corrected chi connectivity index (χ1v) is 13.1. The largest absolute Gasteiger partial charge is 0.598 e. The van der Waals surface area contributed by atoms with Crippen molar-refractivity contribution in [1.82, 2.24) is 14.7 Å². The Morgan fingerprint density at radius 3 is 2.74 bits per heavy atom. The third-order valence-electron chi connectivity index (χ3n) is 4.87. The number of benzene rings is 1. The van der Waals surface area contributed by atoms with Gasteiger partial charge in [-0.05, 0) is 48.9 Å². The molecule has 2 N–H and O–H groups in total. The van der Waals surface area contributed by atoms with Gasteiger partial charge in [0.05, 0.1) is 17.4 Å². The molecule has 0 bridgehead atoms. The van der Waals surface area contributed by atoms with Crippen LogP contribution in [0.3, 0.4) is 0 Å². The van der Waals surface area contributed by atoms with E-state index < -0.39 is 11.4 Å². The lowest BCUT2D eigenvalue weighted by molar-refractivity contribution is 0.102. The van der Waals surface area contributed by atoms with E-state index in [1.54, 1.807) is 17.8 Å². The molecule has 0 saturated carbocycles. The Morgan fingerprint density at radius 2 is 2.00 bits per heavy atom. The highest BCUT2D eigenvalue weighted by Crippen LogP contribution is 2.31. The van der Waals surface area contributed by atoms with E-state index in [0.717, 1.165) is 46.7 Å². The second-order valence-electron chi connectivity index (χ2n) is 7.07. The number of amides is 1. The van der Waals surface area contributed by atoms with Gasteiger partial charge in [0.25, 0.3) is 5.91 Å². The molecule has 1 saturated heterocycles. The van der Waals surface area contributed by atoms with Crippen molar-refractivity contribution in [3.63, 3.8) is 0 Å². The average Bonchev–Trinajstić information content (AvgIpc) is 3.24. The number of carbonyl (C=O) groups is 1. The van der Waals surface area contributed by atoms with Crippen LogP contribution in [0.5, 0.6) is 0 Å². The van der Waals surface area contributed by atoms with Gasteiger partial charge in [-0.1, -0.05) is 18.2 Å². The zero-order valence-corrected chi connectivity index (χ0v) is 19.4. The highest BCUT2D eigenvalue weighted by molar-refractivity contribution is 8.01. The lowest BCUT2D eigenvalue weighted by Crippen LogP contribution is -2.44. The minimum atomic E-state index is -1.00. The summed E-state index contributed by atoms with van der Waals surface area (Å²) in [6.45, 7) is 1.67. The van der Waals surface area contributed by atoms with E-state index in [2.05, 4.69) is 24.9 Å². The van der Waals surface area contributed by atoms with Crippen LogP contribution in [0.15, 0.2) is 63.4 Å². The number of hydrogen-bond donors (Lipinski definition) is 2. The Balaban J connectivity index is 1.40. The van der Waals surface area contributed by atoms with Crippen molar-refractivity contribution < 1.29 is 9.35 Å². The molecule has 0 radical (unpaired) electrons. The number of nitrogens with one attached hydrogen (secondary N) is 2. The van der Waals surface area contributed by atoms with Crippen LogP contribution in [0, 0.1) is 0 Å². The van der Waals surface area contributed by atoms with Crippen molar-refractivity contribution in [3.8, 4) is 0 Å². The predicted molar refractivity (Wildman–Crippen MR) is 127 cm³/mol. The van der Waals surface area contributed by atoms with E-state index in [4.69, 9.17) is 0 Å². The van der Waals surface area contributed by atoms with Crippen molar-refractivity contribution in [2.45, 2.75) is 28.2 Å². The van der Waals surface area contributed by atoms with E-state index in [0.29, 0.717) is 5.69 Å². The number of para-hydroxylation sites is 2. The van der Waals surface area contributed by atoms with Gasteiger partial charge < -0.3 is 14.8 Å². The van der Waals surface area contributed by atoms with Gasteiger partial charge in [-0.3, -0.25) is 4.79 Å². The first kappa shape index (κ1) is 22.1. The van der Waals surface area contributed by atoms with Gasteiger partial charge in [-0.2, -0.15) is 0 Å². The minimum absolute atomic E-state index is 0.227. The summed E-state index contributed by atoms with van der Waals surface area (Å²) in [6.07, 6.45) is 5.21. The van der Waals surface area contributed by atoms with E-state index in [1.165, 1.54) is 23.1 Å². The Morgan fingerprint density at radius 1 is 1.23 bits per heavy atom. The molecule has 1 unspecified atom stereocenters. The topological polar surface area (TPSA) is 93.2 Å². The monoisotopic (exact) mass is 473 g/mol. The molecule has 3 aromatic rings. The zero-order valence-electron chi connectivity index (χ0n) is 17.0. The summed E-state index contributed by atoms with van der Waals surface area (Å²) in [5.74, 6) is -0.227. The number of carbonyl (C=O) groups excluding carboxylic acids is 1. The molecular formula is C21H23N5O2S3. The molecule has 3 heterocycles. The number of piperidine rings is 1. The summed E-state index contributed by atoms with van der Waals surface area (Å²) in [6, 6.07) is 13.8. The Labute approximate surface area is 193 Å². The van der Waals surface area contributed by atoms with Crippen molar-refractivity contribution in [3.05, 3.63) is 59.7 Å². The molecular weight excluding hydrogens is 450 g/mol. The molecule has 0 spiro atoms. The number of anilines is 2. The predicted octanol–water partition coefficient (Wildman–Crippen LogP) is 3.79. The van der Waals surface area contributed by atoms with Gasteiger partial charge in [0, 0.05) is 36.0 Å². The van der Waals surface area contributed by atoms with Crippen LogP contribution in [-0.2, 0) is 11.4 Å². The highest BCUT2D eigenvalue weighted by Gasteiger charge is 2.24. The number of nitrogens with zero attached hydrogens (tertiary/aromatic N) is 3. The summed E-state index contributed by atoms with van der Waals surface area (Å²) in [5.41, 5.74) is 2.15. The third kappa shape index (κ3) is 5.98. The summed E-state index contributed by atoms with van der Waals surface area (Å²) >= 11 is 1.87. The maximum Gasteiger partial charge on any atom is 0.275 e. The van der Waals surface area contributed by atoms with Crippen molar-refractivity contribution in [1.29, 1.82) is 0 Å². The van der Waals surface area contributed by atoms with Gasteiger partial charge in [0.15, 0.2) is 4.34 Å². The molecule has 31 heavy (non-hydrogen) atoms. The summed E-state index contributed by atoms with van der Waals surface area (Å²) in [4.78, 5) is 23.8. The molecule has 4 rings (SSSR count). The smallest absolute Gasteiger partial charge is 0.275 e. The van der Waals surface area contributed by atoms with Gasteiger partial charge in [0.2, 0.25) is 0 Å². The van der Waals surface area contributed by atoms with Crippen LogP contribution in [0.1, 0.15) is 23.3 Å². The lowest BCUT2D eigenvalue weighted by Gasteiger charge is -2.34. The Bertz CT molecular complexity index is 1010. The summed E-state index contributed by atoms with van der Waals surface area (Å²) in [5, 5.41) is 5.63. The van der Waals surface area contributed by atoms with Crippen LogP contribution in [0.25, 0.3) is 0 Å². The summed E-state index contributed by atoms with van der Waals surface area (Å²) < 4.78 is 15.3. The second kappa shape index (κ2) is 10.5. The molecule has 1 atom stereocenters. The third-order valence-corrected chi connectivity index (χ3v) is 7.42. The van der Waals surface area contributed by atoms with Gasteiger partial charge in [-0.15, -0.1) is 16.1 Å². The van der Waals surface area contributed by atoms with Crippen molar-refractivity contribution in [2.75, 3.05) is 29.6 Å². The highest BCUT2D eigenvalue weighted by atomic mass is 32.2. The molecule has 1 aliphatic heterocycles. The molecule has 162 valence electrons. The molecule has 2 aromatic heterocycles. The van der Waals surface area contributed by atoms with Crippen molar-refractivity contribution in [2.24, 2.45) is 0 Å². The first-order chi connectivity index (χ1) is 15.1. The molecule has 1 fully saturated rings. The maximum atomic E-state index is 12.8. The van der Waals surface area contributed by atoms with Crippen LogP contribution >= 0.6 is 23.1 Å². The number of aromatic nitrogens is 2. The fourth-order valence-corrected chi connectivity index (χ4v) is 5.82. The number of rotatable bonds is 7. The molecule has 10 heteroatoms. The SMILES string of the molecule is C[S+]([O-])NC1CCN(c2ccccc2NC(=O)c2csc(Sc3ccccn3)n2)CC1. The fraction of sp³-hybridized carbons (Fsp3) is 0.286. The lowest BCUT2D eigenvalue weighted by atomic mass is 10.0. The molecule has 1 aromatic carbocycles. The zero-order chi connectivity index (χ0) is 21.6. The number of thiazole rings is 1.